The summed E-state index contributed by atoms with van der Waals surface area (Å²) in [5, 5.41) is 3.82. The Hall–Kier alpha value is -4.59. The number of amides is 2. The number of nitrogens with zero attached hydrogens (tertiary/aromatic N) is 3. The van der Waals surface area contributed by atoms with Gasteiger partial charge in [0.05, 0.1) is 12.2 Å². The van der Waals surface area contributed by atoms with E-state index >= 15 is 0 Å². The van der Waals surface area contributed by atoms with Crippen molar-refractivity contribution in [2.75, 3.05) is 49.1 Å². The maximum Gasteiger partial charge on any atom is 0.294 e. The first-order valence-corrected chi connectivity index (χ1v) is 16.2. The second-order valence-corrected chi connectivity index (χ2v) is 12.4. The van der Waals surface area contributed by atoms with E-state index in [-0.39, 0.29) is 17.6 Å². The first-order chi connectivity index (χ1) is 22.3. The highest BCUT2D eigenvalue weighted by atomic mass is 35.5. The van der Waals surface area contributed by atoms with Crippen molar-refractivity contribution in [2.45, 2.75) is 26.8 Å². The zero-order valence-corrected chi connectivity index (χ0v) is 27.1. The van der Waals surface area contributed by atoms with Crippen LogP contribution in [0.2, 0.25) is 5.02 Å². The van der Waals surface area contributed by atoms with Gasteiger partial charge in [-0.05, 0) is 86.0 Å². The first kappa shape index (κ1) is 31.4. The molecule has 236 valence electrons. The molecule has 0 aromatic heterocycles. The van der Waals surface area contributed by atoms with Crippen LogP contribution in [-0.4, -0.2) is 56.0 Å². The van der Waals surface area contributed by atoms with Crippen molar-refractivity contribution in [1.29, 1.82) is 0 Å². The summed E-state index contributed by atoms with van der Waals surface area (Å²) < 4.78 is 6.05. The lowest BCUT2D eigenvalue weighted by Gasteiger charge is -2.37. The van der Waals surface area contributed by atoms with E-state index in [0.717, 1.165) is 66.5 Å². The SMILES string of the molecule is Cc1cccc(CN2C(=O)C(=Cc3ccc(C(=O)NCCCN4CCN(c5cc(Cl)ccc5C)CC4)cc3)Oc3ccccc32)c1. The molecule has 1 N–H and O–H groups in total. The molecule has 2 aliphatic heterocycles. The number of para-hydroxylation sites is 2. The molecule has 2 amide bonds. The quantitative estimate of drug-likeness (QED) is 0.161. The summed E-state index contributed by atoms with van der Waals surface area (Å²) in [7, 11) is 0. The van der Waals surface area contributed by atoms with E-state index in [4.69, 9.17) is 16.3 Å². The van der Waals surface area contributed by atoms with Crippen LogP contribution in [0.1, 0.15) is 39.0 Å². The van der Waals surface area contributed by atoms with Gasteiger partial charge in [0.2, 0.25) is 0 Å². The summed E-state index contributed by atoms with van der Waals surface area (Å²) >= 11 is 6.23. The molecule has 0 unspecified atom stereocenters. The second kappa shape index (κ2) is 14.2. The fraction of sp³-hybridized carbons (Fsp3) is 0.263. The second-order valence-electron chi connectivity index (χ2n) is 11.9. The Kier molecular flexibility index (Phi) is 9.71. The zero-order valence-electron chi connectivity index (χ0n) is 26.3. The summed E-state index contributed by atoms with van der Waals surface area (Å²) in [5.41, 5.74) is 6.75. The average molecular weight is 635 g/mol. The summed E-state index contributed by atoms with van der Waals surface area (Å²) in [6.07, 6.45) is 2.61. The van der Waals surface area contributed by atoms with E-state index < -0.39 is 0 Å². The van der Waals surface area contributed by atoms with Crippen molar-refractivity contribution in [3.05, 3.63) is 130 Å². The van der Waals surface area contributed by atoms with E-state index in [2.05, 4.69) is 40.2 Å². The van der Waals surface area contributed by atoms with Crippen LogP contribution in [0.3, 0.4) is 0 Å². The van der Waals surface area contributed by atoms with Crippen LogP contribution in [0, 0.1) is 13.8 Å². The Balaban J connectivity index is 1.01. The number of anilines is 2. The molecule has 1 fully saturated rings. The molecule has 4 aromatic carbocycles. The monoisotopic (exact) mass is 634 g/mol. The van der Waals surface area contributed by atoms with Crippen molar-refractivity contribution < 1.29 is 14.3 Å². The van der Waals surface area contributed by atoms with E-state index in [1.54, 1.807) is 23.1 Å². The van der Waals surface area contributed by atoms with Crippen LogP contribution < -0.4 is 19.9 Å². The number of ether oxygens (including phenoxy) is 1. The number of piperazine rings is 1. The van der Waals surface area contributed by atoms with Gasteiger partial charge in [0.1, 0.15) is 0 Å². The van der Waals surface area contributed by atoms with Gasteiger partial charge in [0.15, 0.2) is 11.5 Å². The van der Waals surface area contributed by atoms with E-state index in [1.807, 2.05) is 67.6 Å². The van der Waals surface area contributed by atoms with E-state index in [9.17, 15) is 9.59 Å². The number of carbonyl (C=O) groups excluding carboxylic acids is 2. The molecule has 1 saturated heterocycles. The molecule has 4 aromatic rings. The molecule has 0 radical (unpaired) electrons. The topological polar surface area (TPSA) is 65.1 Å². The molecule has 6 rings (SSSR count). The fourth-order valence-corrected chi connectivity index (χ4v) is 6.20. The predicted octanol–water partition coefficient (Wildman–Crippen LogP) is 6.87. The van der Waals surface area contributed by atoms with Crippen molar-refractivity contribution in [2.24, 2.45) is 0 Å². The maximum absolute atomic E-state index is 13.6. The van der Waals surface area contributed by atoms with Gasteiger partial charge < -0.3 is 15.0 Å². The summed E-state index contributed by atoms with van der Waals surface area (Å²) in [5.74, 6) is 0.564. The predicted molar refractivity (Wildman–Crippen MR) is 186 cm³/mol. The number of hydrogen-bond donors (Lipinski definition) is 1. The third-order valence-electron chi connectivity index (χ3n) is 8.55. The summed E-state index contributed by atoms with van der Waals surface area (Å²) in [4.78, 5) is 33.0. The number of aryl methyl sites for hydroxylation is 2. The van der Waals surface area contributed by atoms with E-state index in [1.165, 1.54) is 11.3 Å². The zero-order chi connectivity index (χ0) is 32.0. The van der Waals surface area contributed by atoms with Gasteiger partial charge >= 0.3 is 0 Å². The molecule has 8 heteroatoms. The lowest BCUT2D eigenvalue weighted by atomic mass is 10.1. The standard InChI is InChI=1S/C38H39ClN4O3/c1-27-7-5-8-30(23-27)26-43-33-9-3-4-10-35(33)46-36(38(43)45)24-29-12-14-31(15-13-29)37(44)40-17-6-18-41-19-21-42(22-20-41)34-25-32(39)16-11-28(34)2/h3-5,7-16,23-25H,6,17-22,26H2,1-2H3,(H,40,44). The van der Waals surface area contributed by atoms with Crippen molar-refractivity contribution in [3.8, 4) is 5.75 Å². The van der Waals surface area contributed by atoms with Crippen LogP contribution in [0.4, 0.5) is 11.4 Å². The highest BCUT2D eigenvalue weighted by Crippen LogP contribution is 2.36. The Morgan fingerprint density at radius 2 is 1.67 bits per heavy atom. The average Bonchev–Trinajstić information content (AvgIpc) is 3.07. The minimum atomic E-state index is -0.206. The molecule has 2 heterocycles. The Morgan fingerprint density at radius 3 is 2.46 bits per heavy atom. The summed E-state index contributed by atoms with van der Waals surface area (Å²) in [6.45, 7) is 10.0. The Morgan fingerprint density at radius 1 is 0.891 bits per heavy atom. The van der Waals surface area contributed by atoms with Gasteiger partial charge in [-0.3, -0.25) is 19.4 Å². The number of halogens is 1. The van der Waals surface area contributed by atoms with Crippen LogP contribution >= 0.6 is 11.6 Å². The highest BCUT2D eigenvalue weighted by molar-refractivity contribution is 6.30. The van der Waals surface area contributed by atoms with Gasteiger partial charge in [-0.15, -0.1) is 0 Å². The largest absolute Gasteiger partial charge is 0.449 e. The van der Waals surface area contributed by atoms with Crippen LogP contribution in [0.25, 0.3) is 6.08 Å². The Bertz CT molecular complexity index is 1750. The van der Waals surface area contributed by atoms with E-state index in [0.29, 0.717) is 24.4 Å². The lowest BCUT2D eigenvalue weighted by molar-refractivity contribution is -0.117. The molecule has 0 aliphatic carbocycles. The van der Waals surface area contributed by atoms with Gasteiger partial charge in [-0.25, -0.2) is 0 Å². The van der Waals surface area contributed by atoms with Crippen LogP contribution in [0.5, 0.6) is 5.75 Å². The number of carbonyl (C=O) groups is 2. The minimum absolute atomic E-state index is 0.108. The number of benzene rings is 4. The van der Waals surface area contributed by atoms with Gasteiger partial charge in [0.25, 0.3) is 11.8 Å². The highest BCUT2D eigenvalue weighted by Gasteiger charge is 2.30. The molecule has 7 nitrogen and oxygen atoms in total. The van der Waals surface area contributed by atoms with Crippen molar-refractivity contribution in [3.63, 3.8) is 0 Å². The maximum atomic E-state index is 13.6. The first-order valence-electron chi connectivity index (χ1n) is 15.8. The molecule has 0 bridgehead atoms. The molecular formula is C38H39ClN4O3. The normalized spacial score (nSPS) is 15.9. The third-order valence-corrected chi connectivity index (χ3v) is 8.78. The third kappa shape index (κ3) is 7.44. The molecule has 0 atom stereocenters. The van der Waals surface area contributed by atoms with Gasteiger partial charge in [0, 0.05) is 49.0 Å². The molecule has 0 saturated carbocycles. The van der Waals surface area contributed by atoms with Gasteiger partial charge in [-0.2, -0.15) is 0 Å². The Labute approximate surface area is 276 Å². The van der Waals surface area contributed by atoms with Crippen LogP contribution in [-0.2, 0) is 11.3 Å². The number of rotatable bonds is 9. The molecule has 0 spiro atoms. The number of hydrogen-bond acceptors (Lipinski definition) is 5. The van der Waals surface area contributed by atoms with Crippen LogP contribution in [0.15, 0.2) is 96.8 Å². The smallest absolute Gasteiger partial charge is 0.294 e. The summed E-state index contributed by atoms with van der Waals surface area (Å²) in [6, 6.07) is 29.0. The molecular weight excluding hydrogens is 596 g/mol. The number of nitrogens with one attached hydrogen (secondary N) is 1. The molecule has 46 heavy (non-hydrogen) atoms. The van der Waals surface area contributed by atoms with Crippen molar-refractivity contribution in [1.82, 2.24) is 10.2 Å². The fourth-order valence-electron chi connectivity index (χ4n) is 6.04. The minimum Gasteiger partial charge on any atom is -0.449 e. The lowest BCUT2D eigenvalue weighted by Crippen LogP contribution is -2.47. The van der Waals surface area contributed by atoms with Crippen molar-refractivity contribution >= 4 is 40.9 Å². The molecule has 2 aliphatic rings. The van der Waals surface area contributed by atoms with Gasteiger partial charge in [-0.1, -0.05) is 71.8 Å². The number of fused-ring (bicyclic) bond motifs is 1.